The Kier molecular flexibility index (Phi) is 5.35. The molecule has 20 heavy (non-hydrogen) atoms. The summed E-state index contributed by atoms with van der Waals surface area (Å²) in [5.74, 6) is 0.879. The quantitative estimate of drug-likeness (QED) is 0.847. The lowest BCUT2D eigenvalue weighted by molar-refractivity contribution is -0.116. The number of thiophene rings is 1. The summed E-state index contributed by atoms with van der Waals surface area (Å²) in [6.07, 6.45) is 3.40. The topological polar surface area (TPSA) is 46.9 Å². The first-order valence-corrected chi connectivity index (χ1v) is 7.93. The minimum atomic E-state index is 0.0683. The van der Waals surface area contributed by atoms with Crippen molar-refractivity contribution in [2.75, 3.05) is 5.32 Å². The Hall–Kier alpha value is -1.62. The van der Waals surface area contributed by atoms with Crippen LogP contribution in [0, 0.1) is 6.92 Å². The van der Waals surface area contributed by atoms with Gasteiger partial charge in [0, 0.05) is 23.9 Å². The highest BCUT2D eigenvalue weighted by molar-refractivity contribution is 7.09. The summed E-state index contributed by atoms with van der Waals surface area (Å²) < 4.78 is 1.87. The van der Waals surface area contributed by atoms with Gasteiger partial charge in [0.1, 0.15) is 5.82 Å². The summed E-state index contributed by atoms with van der Waals surface area (Å²) in [7, 11) is 0. The summed E-state index contributed by atoms with van der Waals surface area (Å²) in [5, 5.41) is 9.41. The first kappa shape index (κ1) is 14.8. The number of hydrogen-bond acceptors (Lipinski definition) is 3. The molecule has 0 aliphatic carbocycles. The Balaban J connectivity index is 1.81. The molecule has 0 bridgehead atoms. The highest BCUT2D eigenvalue weighted by Gasteiger charge is 2.08. The van der Waals surface area contributed by atoms with Crippen molar-refractivity contribution in [3.05, 3.63) is 34.2 Å². The first-order valence-electron chi connectivity index (χ1n) is 7.05. The van der Waals surface area contributed by atoms with Crippen LogP contribution in [0.1, 0.15) is 36.8 Å². The lowest BCUT2D eigenvalue weighted by Crippen LogP contribution is -2.15. The van der Waals surface area contributed by atoms with E-state index in [4.69, 9.17) is 0 Å². The molecule has 0 saturated carbocycles. The molecule has 0 radical (unpaired) electrons. The van der Waals surface area contributed by atoms with Crippen molar-refractivity contribution < 1.29 is 4.79 Å². The van der Waals surface area contributed by atoms with Gasteiger partial charge in [-0.2, -0.15) is 5.10 Å². The SMILES string of the molecule is CCCn1nc(C)cc1NC(=O)CCCc1cccs1. The van der Waals surface area contributed by atoms with Crippen molar-refractivity contribution in [3.8, 4) is 0 Å². The van der Waals surface area contributed by atoms with Crippen LogP contribution in [0.15, 0.2) is 23.6 Å². The van der Waals surface area contributed by atoms with Crippen molar-refractivity contribution in [1.82, 2.24) is 9.78 Å². The van der Waals surface area contributed by atoms with E-state index in [1.807, 2.05) is 23.7 Å². The average Bonchev–Trinajstić information content (AvgIpc) is 3.01. The van der Waals surface area contributed by atoms with E-state index in [0.29, 0.717) is 6.42 Å². The standard InChI is InChI=1S/C15H21N3OS/c1-3-9-18-14(11-12(2)17-18)16-15(19)8-4-6-13-7-5-10-20-13/h5,7,10-11H,3-4,6,8-9H2,1-2H3,(H,16,19). The maximum Gasteiger partial charge on any atom is 0.225 e. The first-order chi connectivity index (χ1) is 9.69. The van der Waals surface area contributed by atoms with E-state index in [0.717, 1.165) is 37.3 Å². The fraction of sp³-hybridized carbons (Fsp3) is 0.467. The number of rotatable bonds is 7. The van der Waals surface area contributed by atoms with Crippen molar-refractivity contribution in [3.63, 3.8) is 0 Å². The third-order valence-corrected chi connectivity index (χ3v) is 3.95. The van der Waals surface area contributed by atoms with E-state index < -0.39 is 0 Å². The van der Waals surface area contributed by atoms with Crippen LogP contribution in [-0.4, -0.2) is 15.7 Å². The second kappa shape index (κ2) is 7.24. The molecule has 2 aromatic rings. The fourth-order valence-electron chi connectivity index (χ4n) is 2.11. The smallest absolute Gasteiger partial charge is 0.225 e. The zero-order chi connectivity index (χ0) is 14.4. The molecule has 5 heteroatoms. The summed E-state index contributed by atoms with van der Waals surface area (Å²) in [6, 6.07) is 6.08. The van der Waals surface area contributed by atoms with E-state index in [2.05, 4.69) is 28.8 Å². The lowest BCUT2D eigenvalue weighted by Gasteiger charge is -2.07. The van der Waals surface area contributed by atoms with Gasteiger partial charge in [-0.15, -0.1) is 11.3 Å². The van der Waals surface area contributed by atoms with Crippen LogP contribution in [0.4, 0.5) is 5.82 Å². The minimum Gasteiger partial charge on any atom is -0.311 e. The number of aromatic nitrogens is 2. The number of carbonyl (C=O) groups is 1. The van der Waals surface area contributed by atoms with Gasteiger partial charge >= 0.3 is 0 Å². The number of nitrogens with zero attached hydrogens (tertiary/aromatic N) is 2. The molecule has 0 saturated heterocycles. The Labute approximate surface area is 123 Å². The molecule has 1 amide bonds. The van der Waals surface area contributed by atoms with E-state index in [1.54, 1.807) is 11.3 Å². The summed E-state index contributed by atoms with van der Waals surface area (Å²) in [5.41, 5.74) is 0.937. The van der Waals surface area contributed by atoms with E-state index in [9.17, 15) is 4.79 Å². The zero-order valence-electron chi connectivity index (χ0n) is 12.1. The second-order valence-corrected chi connectivity index (χ2v) is 5.91. The van der Waals surface area contributed by atoms with Crippen LogP contribution in [0.2, 0.25) is 0 Å². The molecule has 2 rings (SSSR count). The van der Waals surface area contributed by atoms with Crippen LogP contribution < -0.4 is 5.32 Å². The lowest BCUT2D eigenvalue weighted by atomic mass is 10.2. The van der Waals surface area contributed by atoms with Crippen molar-refractivity contribution >= 4 is 23.1 Å². The van der Waals surface area contributed by atoms with Gasteiger partial charge in [-0.25, -0.2) is 4.68 Å². The molecule has 0 aromatic carbocycles. The van der Waals surface area contributed by atoms with E-state index in [1.165, 1.54) is 4.88 Å². The van der Waals surface area contributed by atoms with Crippen molar-refractivity contribution in [1.29, 1.82) is 0 Å². The largest absolute Gasteiger partial charge is 0.311 e. The third-order valence-electron chi connectivity index (χ3n) is 3.01. The van der Waals surface area contributed by atoms with Gasteiger partial charge in [-0.1, -0.05) is 13.0 Å². The summed E-state index contributed by atoms with van der Waals surface area (Å²) in [4.78, 5) is 13.3. The van der Waals surface area contributed by atoms with E-state index in [-0.39, 0.29) is 5.91 Å². The van der Waals surface area contributed by atoms with Crippen LogP contribution >= 0.6 is 11.3 Å². The van der Waals surface area contributed by atoms with Gasteiger partial charge in [0.25, 0.3) is 0 Å². The Morgan fingerprint density at radius 3 is 3.05 bits per heavy atom. The van der Waals surface area contributed by atoms with Crippen LogP contribution in [0.3, 0.4) is 0 Å². The number of amides is 1. The minimum absolute atomic E-state index is 0.0683. The van der Waals surface area contributed by atoms with Gasteiger partial charge in [0.05, 0.1) is 5.69 Å². The Bertz CT molecular complexity index is 545. The van der Waals surface area contributed by atoms with Gasteiger partial charge in [0.2, 0.25) is 5.91 Å². The molecule has 0 fully saturated rings. The predicted molar refractivity (Wildman–Crippen MR) is 83.1 cm³/mol. The highest BCUT2D eigenvalue weighted by Crippen LogP contribution is 2.14. The van der Waals surface area contributed by atoms with Gasteiger partial charge < -0.3 is 5.32 Å². The molecule has 2 aromatic heterocycles. The molecule has 0 unspecified atom stereocenters. The predicted octanol–water partition coefficient (Wildman–Crippen LogP) is 3.62. The van der Waals surface area contributed by atoms with E-state index >= 15 is 0 Å². The monoisotopic (exact) mass is 291 g/mol. The molecule has 0 atom stereocenters. The maximum atomic E-state index is 12.0. The molecule has 0 spiro atoms. The average molecular weight is 291 g/mol. The molecule has 2 heterocycles. The molecule has 0 aliphatic rings. The molecular weight excluding hydrogens is 270 g/mol. The number of aryl methyl sites for hydroxylation is 3. The summed E-state index contributed by atoms with van der Waals surface area (Å²) >= 11 is 1.75. The van der Waals surface area contributed by atoms with Gasteiger partial charge in [-0.05, 0) is 37.6 Å². The van der Waals surface area contributed by atoms with Crippen LogP contribution in [0.25, 0.3) is 0 Å². The molecule has 4 nitrogen and oxygen atoms in total. The molecule has 0 aliphatic heterocycles. The zero-order valence-corrected chi connectivity index (χ0v) is 12.9. The third kappa shape index (κ3) is 4.20. The number of nitrogens with one attached hydrogen (secondary N) is 1. The molecule has 1 N–H and O–H groups in total. The van der Waals surface area contributed by atoms with Crippen LogP contribution in [-0.2, 0) is 17.8 Å². The maximum absolute atomic E-state index is 12.0. The molecule has 108 valence electrons. The van der Waals surface area contributed by atoms with Gasteiger partial charge in [-0.3, -0.25) is 4.79 Å². The fourth-order valence-corrected chi connectivity index (χ4v) is 2.86. The molecular formula is C15H21N3OS. The highest BCUT2D eigenvalue weighted by atomic mass is 32.1. The summed E-state index contributed by atoms with van der Waals surface area (Å²) in [6.45, 7) is 4.88. The van der Waals surface area contributed by atoms with Crippen LogP contribution in [0.5, 0.6) is 0 Å². The van der Waals surface area contributed by atoms with Crippen molar-refractivity contribution in [2.24, 2.45) is 0 Å². The Morgan fingerprint density at radius 2 is 2.35 bits per heavy atom. The van der Waals surface area contributed by atoms with Gasteiger partial charge in [0.15, 0.2) is 0 Å². The second-order valence-electron chi connectivity index (χ2n) is 4.88. The Morgan fingerprint density at radius 1 is 1.50 bits per heavy atom. The van der Waals surface area contributed by atoms with Crippen molar-refractivity contribution in [2.45, 2.75) is 46.1 Å². The number of hydrogen-bond donors (Lipinski definition) is 1. The normalized spacial score (nSPS) is 10.7. The number of anilines is 1. The number of carbonyl (C=O) groups excluding carboxylic acids is 1.